The van der Waals surface area contributed by atoms with Gasteiger partial charge in [-0.25, -0.2) is 9.37 Å². The van der Waals surface area contributed by atoms with Gasteiger partial charge in [0.05, 0.1) is 18.0 Å². The first-order valence-electron chi connectivity index (χ1n) is 7.25. The Balaban J connectivity index is 1.89. The van der Waals surface area contributed by atoms with E-state index in [0.717, 1.165) is 18.8 Å². The zero-order valence-corrected chi connectivity index (χ0v) is 11.9. The number of nitrogens with zero attached hydrogens (tertiary/aromatic N) is 4. The van der Waals surface area contributed by atoms with E-state index in [9.17, 15) is 9.50 Å². The van der Waals surface area contributed by atoms with Gasteiger partial charge in [0, 0.05) is 30.8 Å². The van der Waals surface area contributed by atoms with E-state index < -0.39 is 0 Å². The van der Waals surface area contributed by atoms with Crippen LogP contribution in [0.3, 0.4) is 0 Å². The van der Waals surface area contributed by atoms with Crippen molar-refractivity contribution in [1.29, 1.82) is 0 Å². The van der Waals surface area contributed by atoms with Crippen LogP contribution in [-0.2, 0) is 0 Å². The van der Waals surface area contributed by atoms with Crippen LogP contribution in [0.1, 0.15) is 6.42 Å². The van der Waals surface area contributed by atoms with E-state index in [1.165, 1.54) is 6.07 Å². The van der Waals surface area contributed by atoms with Crippen LogP contribution in [0, 0.1) is 5.82 Å². The summed E-state index contributed by atoms with van der Waals surface area (Å²) in [6.45, 7) is 1.30. The summed E-state index contributed by atoms with van der Waals surface area (Å²) in [6.07, 6.45) is 2.06. The molecule has 1 atom stereocenters. The fraction of sp³-hybridized carbons (Fsp3) is 0.250. The third kappa shape index (κ3) is 2.12. The van der Waals surface area contributed by atoms with Crippen LogP contribution in [0.5, 0.6) is 0 Å². The minimum absolute atomic E-state index is 0.300. The highest BCUT2D eigenvalue weighted by molar-refractivity contribution is 5.67. The van der Waals surface area contributed by atoms with Gasteiger partial charge in [-0.15, -0.1) is 0 Å². The molecule has 1 aromatic carbocycles. The van der Waals surface area contributed by atoms with E-state index in [4.69, 9.17) is 0 Å². The summed E-state index contributed by atoms with van der Waals surface area (Å²) in [5.74, 6) is 0.524. The predicted octanol–water partition coefficient (Wildman–Crippen LogP) is 2.11. The Hall–Kier alpha value is -2.47. The molecule has 0 bridgehead atoms. The van der Waals surface area contributed by atoms with Crippen molar-refractivity contribution in [2.45, 2.75) is 12.5 Å². The molecular formula is C16H15FN4O. The number of hydrogen-bond acceptors (Lipinski definition) is 4. The van der Waals surface area contributed by atoms with Crippen LogP contribution in [0.15, 0.2) is 42.6 Å². The summed E-state index contributed by atoms with van der Waals surface area (Å²) in [4.78, 5) is 6.54. The van der Waals surface area contributed by atoms with Crippen molar-refractivity contribution < 1.29 is 9.50 Å². The Morgan fingerprint density at radius 2 is 2.09 bits per heavy atom. The smallest absolute Gasteiger partial charge is 0.157 e. The molecule has 0 unspecified atom stereocenters. The second kappa shape index (κ2) is 5.06. The molecule has 5 nitrogen and oxygen atoms in total. The fourth-order valence-corrected chi connectivity index (χ4v) is 2.88. The van der Waals surface area contributed by atoms with Gasteiger partial charge in [0.25, 0.3) is 0 Å². The highest BCUT2D eigenvalue weighted by atomic mass is 19.1. The molecule has 1 aliphatic rings. The summed E-state index contributed by atoms with van der Waals surface area (Å²) in [5.41, 5.74) is 1.70. The maximum absolute atomic E-state index is 14.1. The normalized spacial score (nSPS) is 18.3. The quantitative estimate of drug-likeness (QED) is 0.787. The lowest BCUT2D eigenvalue weighted by molar-refractivity contribution is 0.198. The van der Waals surface area contributed by atoms with Crippen LogP contribution < -0.4 is 4.90 Å². The number of aliphatic hydroxyl groups is 1. The molecule has 0 saturated carbocycles. The summed E-state index contributed by atoms with van der Waals surface area (Å²) < 4.78 is 15.8. The first-order chi connectivity index (χ1) is 10.7. The lowest BCUT2D eigenvalue weighted by Gasteiger charge is -2.19. The molecule has 112 valence electrons. The summed E-state index contributed by atoms with van der Waals surface area (Å²) in [6, 6.07) is 10.2. The third-order valence-electron chi connectivity index (χ3n) is 3.98. The van der Waals surface area contributed by atoms with Gasteiger partial charge in [-0.2, -0.15) is 9.61 Å². The number of hydrogen-bond donors (Lipinski definition) is 1. The molecule has 1 fully saturated rings. The first-order valence-corrected chi connectivity index (χ1v) is 7.25. The van der Waals surface area contributed by atoms with E-state index in [1.807, 2.05) is 6.07 Å². The minimum Gasteiger partial charge on any atom is -0.391 e. The molecule has 2 aromatic heterocycles. The SMILES string of the molecule is O[C@@H]1CCN(c2cc(-c3ccccc3F)nc3ccnn23)C1. The Morgan fingerprint density at radius 1 is 1.23 bits per heavy atom. The second-order valence-corrected chi connectivity index (χ2v) is 5.47. The lowest BCUT2D eigenvalue weighted by Crippen LogP contribution is -2.24. The van der Waals surface area contributed by atoms with Crippen LogP contribution >= 0.6 is 0 Å². The Bertz CT molecular complexity index is 832. The molecule has 3 aromatic rings. The van der Waals surface area contributed by atoms with Gasteiger partial charge in [-0.3, -0.25) is 0 Å². The number of aliphatic hydroxyl groups excluding tert-OH is 1. The topological polar surface area (TPSA) is 53.7 Å². The summed E-state index contributed by atoms with van der Waals surface area (Å²) in [7, 11) is 0. The van der Waals surface area contributed by atoms with E-state index in [-0.39, 0.29) is 11.9 Å². The molecule has 1 N–H and O–H groups in total. The molecule has 3 heterocycles. The summed E-state index contributed by atoms with van der Waals surface area (Å²) >= 11 is 0. The third-order valence-corrected chi connectivity index (χ3v) is 3.98. The van der Waals surface area contributed by atoms with Gasteiger partial charge in [-0.1, -0.05) is 12.1 Å². The zero-order valence-electron chi connectivity index (χ0n) is 11.9. The van der Waals surface area contributed by atoms with Crippen molar-refractivity contribution in [2.24, 2.45) is 0 Å². The minimum atomic E-state index is -0.337. The van der Waals surface area contributed by atoms with E-state index in [2.05, 4.69) is 15.0 Å². The largest absolute Gasteiger partial charge is 0.391 e. The van der Waals surface area contributed by atoms with Crippen molar-refractivity contribution in [1.82, 2.24) is 14.6 Å². The maximum atomic E-state index is 14.1. The Labute approximate surface area is 126 Å². The molecule has 1 saturated heterocycles. The Kier molecular flexibility index (Phi) is 3.04. The standard InChI is InChI=1S/C16H15FN4O/c17-13-4-2-1-3-12(13)14-9-16(20-8-6-11(22)10-20)21-15(19-14)5-7-18-21/h1-5,7,9,11,22H,6,8,10H2/t11-/m1/s1. The molecule has 6 heteroatoms. The summed E-state index contributed by atoms with van der Waals surface area (Å²) in [5, 5.41) is 14.0. The number of aromatic nitrogens is 3. The number of β-amino-alcohol motifs (C(OH)–C–C–N with tert-alkyl or cyclic N) is 1. The average Bonchev–Trinajstić information content (AvgIpc) is 3.15. The highest BCUT2D eigenvalue weighted by Gasteiger charge is 2.23. The number of fused-ring (bicyclic) bond motifs is 1. The van der Waals surface area contributed by atoms with Crippen LogP contribution in [-0.4, -0.2) is 38.9 Å². The van der Waals surface area contributed by atoms with Crippen LogP contribution in [0.4, 0.5) is 10.2 Å². The van der Waals surface area contributed by atoms with Crippen LogP contribution in [0.2, 0.25) is 0 Å². The van der Waals surface area contributed by atoms with Crippen molar-refractivity contribution >= 4 is 11.5 Å². The van der Waals surface area contributed by atoms with Gasteiger partial charge in [0.15, 0.2) is 5.65 Å². The van der Waals surface area contributed by atoms with Crippen LogP contribution in [0.25, 0.3) is 16.9 Å². The number of halogens is 1. The van der Waals surface area contributed by atoms with Gasteiger partial charge in [0.1, 0.15) is 11.6 Å². The van der Waals surface area contributed by atoms with Gasteiger partial charge >= 0.3 is 0 Å². The molecule has 0 radical (unpaired) electrons. The van der Waals surface area contributed by atoms with Crippen molar-refractivity contribution in [3.63, 3.8) is 0 Å². The van der Waals surface area contributed by atoms with Crippen molar-refractivity contribution in [2.75, 3.05) is 18.0 Å². The number of anilines is 1. The molecule has 0 amide bonds. The molecule has 4 rings (SSSR count). The van der Waals surface area contributed by atoms with E-state index in [0.29, 0.717) is 23.4 Å². The van der Waals surface area contributed by atoms with Crippen molar-refractivity contribution in [3.05, 3.63) is 48.4 Å². The van der Waals surface area contributed by atoms with Gasteiger partial charge in [0.2, 0.25) is 0 Å². The molecular weight excluding hydrogens is 283 g/mol. The zero-order chi connectivity index (χ0) is 15.1. The second-order valence-electron chi connectivity index (χ2n) is 5.47. The molecule has 0 aliphatic carbocycles. The first kappa shape index (κ1) is 13.2. The monoisotopic (exact) mass is 298 g/mol. The van der Waals surface area contributed by atoms with Gasteiger partial charge < -0.3 is 10.0 Å². The Morgan fingerprint density at radius 3 is 2.86 bits per heavy atom. The number of rotatable bonds is 2. The highest BCUT2D eigenvalue weighted by Crippen LogP contribution is 2.28. The lowest BCUT2D eigenvalue weighted by atomic mass is 10.1. The molecule has 0 spiro atoms. The molecule has 22 heavy (non-hydrogen) atoms. The molecule has 1 aliphatic heterocycles. The van der Waals surface area contributed by atoms with E-state index in [1.54, 1.807) is 35.0 Å². The average molecular weight is 298 g/mol. The van der Waals surface area contributed by atoms with E-state index >= 15 is 0 Å². The maximum Gasteiger partial charge on any atom is 0.157 e. The van der Waals surface area contributed by atoms with Gasteiger partial charge in [-0.05, 0) is 18.6 Å². The van der Waals surface area contributed by atoms with Crippen molar-refractivity contribution in [3.8, 4) is 11.3 Å². The number of benzene rings is 1. The predicted molar refractivity (Wildman–Crippen MR) is 81.2 cm³/mol. The fourth-order valence-electron chi connectivity index (χ4n) is 2.88.